The van der Waals surface area contributed by atoms with Crippen LogP contribution in [0.2, 0.25) is 0 Å². The van der Waals surface area contributed by atoms with Gasteiger partial charge < -0.3 is 9.64 Å². The van der Waals surface area contributed by atoms with Crippen LogP contribution in [0.3, 0.4) is 0 Å². The number of hydrogen-bond donors (Lipinski definition) is 0. The molecule has 0 spiro atoms. The van der Waals surface area contributed by atoms with Crippen molar-refractivity contribution in [1.82, 2.24) is 0 Å². The molecular formula is C20H16BrFN2O3. The minimum Gasteiger partial charge on any atom is -0.452 e. The number of benzene rings is 2. The second-order valence-electron chi connectivity index (χ2n) is 5.43. The lowest BCUT2D eigenvalue weighted by atomic mass is 10.2. The number of carbonyl (C=O) groups excluding carboxylic acids is 2. The number of esters is 1. The Morgan fingerprint density at radius 3 is 2.63 bits per heavy atom. The molecule has 0 unspecified atom stereocenters. The van der Waals surface area contributed by atoms with Crippen molar-refractivity contribution in [3.8, 4) is 6.07 Å². The van der Waals surface area contributed by atoms with Crippen LogP contribution in [0, 0.1) is 17.1 Å². The molecular weight excluding hydrogens is 415 g/mol. The van der Waals surface area contributed by atoms with Gasteiger partial charge >= 0.3 is 5.97 Å². The molecule has 2 aromatic rings. The summed E-state index contributed by atoms with van der Waals surface area (Å²) in [6.45, 7) is -0.364. The summed E-state index contributed by atoms with van der Waals surface area (Å²) in [6, 6.07) is 14.6. The van der Waals surface area contributed by atoms with Crippen LogP contribution in [0.1, 0.15) is 12.0 Å². The van der Waals surface area contributed by atoms with E-state index in [4.69, 9.17) is 10.00 Å². The molecule has 0 saturated carbocycles. The van der Waals surface area contributed by atoms with E-state index in [1.54, 1.807) is 6.08 Å². The number of hydrogen-bond acceptors (Lipinski definition) is 4. The van der Waals surface area contributed by atoms with Crippen molar-refractivity contribution in [2.75, 3.05) is 18.1 Å². The molecule has 2 rings (SSSR count). The highest BCUT2D eigenvalue weighted by Gasteiger charge is 2.17. The van der Waals surface area contributed by atoms with Gasteiger partial charge in [0.2, 0.25) is 0 Å². The highest BCUT2D eigenvalue weighted by Crippen LogP contribution is 2.16. The van der Waals surface area contributed by atoms with E-state index >= 15 is 0 Å². The minimum atomic E-state index is -0.664. The molecule has 0 radical (unpaired) electrons. The Bertz CT molecular complexity index is 876. The molecule has 0 aliphatic carbocycles. The normalized spacial score (nSPS) is 10.4. The van der Waals surface area contributed by atoms with Crippen molar-refractivity contribution in [3.63, 3.8) is 0 Å². The van der Waals surface area contributed by atoms with Gasteiger partial charge in [-0.1, -0.05) is 28.1 Å². The quantitative estimate of drug-likeness (QED) is 0.489. The van der Waals surface area contributed by atoms with E-state index < -0.39 is 24.3 Å². The second-order valence-corrected chi connectivity index (χ2v) is 6.34. The summed E-state index contributed by atoms with van der Waals surface area (Å²) in [4.78, 5) is 25.5. The highest BCUT2D eigenvalue weighted by molar-refractivity contribution is 9.10. The lowest BCUT2D eigenvalue weighted by molar-refractivity contribution is -0.142. The van der Waals surface area contributed by atoms with Gasteiger partial charge in [-0.2, -0.15) is 5.26 Å². The van der Waals surface area contributed by atoms with Crippen LogP contribution in [-0.4, -0.2) is 25.0 Å². The summed E-state index contributed by atoms with van der Waals surface area (Å²) in [5, 5.41) is 8.76. The van der Waals surface area contributed by atoms with Crippen molar-refractivity contribution in [2.24, 2.45) is 0 Å². The van der Waals surface area contributed by atoms with E-state index in [1.807, 2.05) is 30.3 Å². The van der Waals surface area contributed by atoms with Crippen molar-refractivity contribution in [1.29, 1.82) is 5.26 Å². The molecule has 5 nitrogen and oxygen atoms in total. The number of nitrogens with zero attached hydrogens (tertiary/aromatic N) is 2. The van der Waals surface area contributed by atoms with Gasteiger partial charge in [-0.15, -0.1) is 0 Å². The summed E-state index contributed by atoms with van der Waals surface area (Å²) in [5.74, 6) is -1.60. The van der Waals surface area contributed by atoms with Gasteiger partial charge in [0.25, 0.3) is 5.91 Å². The number of carbonyl (C=O) groups is 2. The second kappa shape index (κ2) is 10.2. The molecule has 0 fully saturated rings. The highest BCUT2D eigenvalue weighted by atomic mass is 79.9. The van der Waals surface area contributed by atoms with Crippen molar-refractivity contribution in [2.45, 2.75) is 6.42 Å². The van der Waals surface area contributed by atoms with E-state index in [0.29, 0.717) is 5.69 Å². The van der Waals surface area contributed by atoms with Gasteiger partial charge in [0.1, 0.15) is 5.82 Å². The monoisotopic (exact) mass is 430 g/mol. The fraction of sp³-hybridized carbons (Fsp3) is 0.150. The SMILES string of the molecule is N#CCCN(C(=O)COC(=O)C=Cc1cccc(Br)c1)c1ccc(F)cc1. The molecule has 0 aliphatic heterocycles. The summed E-state index contributed by atoms with van der Waals surface area (Å²) in [7, 11) is 0. The molecule has 2 aromatic carbocycles. The predicted octanol–water partition coefficient (Wildman–Crippen LogP) is 4.09. The lowest BCUT2D eigenvalue weighted by Crippen LogP contribution is -2.35. The summed E-state index contributed by atoms with van der Waals surface area (Å²) in [5.41, 5.74) is 1.23. The third-order valence-electron chi connectivity index (χ3n) is 3.49. The van der Waals surface area contributed by atoms with E-state index in [-0.39, 0.29) is 13.0 Å². The molecule has 0 heterocycles. The third-order valence-corrected chi connectivity index (χ3v) is 3.98. The lowest BCUT2D eigenvalue weighted by Gasteiger charge is -2.21. The maximum atomic E-state index is 13.1. The largest absolute Gasteiger partial charge is 0.452 e. The Morgan fingerprint density at radius 1 is 1.22 bits per heavy atom. The van der Waals surface area contributed by atoms with Crippen LogP contribution in [0.4, 0.5) is 10.1 Å². The first-order valence-corrected chi connectivity index (χ1v) is 8.82. The van der Waals surface area contributed by atoms with Gasteiger partial charge in [0.15, 0.2) is 6.61 Å². The third kappa shape index (κ3) is 6.68. The minimum absolute atomic E-state index is 0.0971. The first kappa shape index (κ1) is 20.3. The molecule has 0 atom stereocenters. The number of anilines is 1. The molecule has 7 heteroatoms. The maximum Gasteiger partial charge on any atom is 0.331 e. The molecule has 0 N–H and O–H groups in total. The van der Waals surface area contributed by atoms with Crippen LogP contribution < -0.4 is 4.90 Å². The summed E-state index contributed by atoms with van der Waals surface area (Å²) >= 11 is 3.34. The van der Waals surface area contributed by atoms with E-state index in [9.17, 15) is 14.0 Å². The maximum absolute atomic E-state index is 13.1. The first-order valence-electron chi connectivity index (χ1n) is 8.03. The molecule has 138 valence electrons. The number of halogens is 2. The number of ether oxygens (including phenoxy) is 1. The van der Waals surface area contributed by atoms with E-state index in [1.165, 1.54) is 35.2 Å². The Kier molecular flexibility index (Phi) is 7.71. The standard InChI is InChI=1S/C20H16BrFN2O3/c21-16-4-1-3-15(13-16)5-10-20(26)27-14-19(25)24(12-2-11-23)18-8-6-17(22)7-9-18/h1,3-10,13H,2,12,14H2. The molecule has 27 heavy (non-hydrogen) atoms. The average Bonchev–Trinajstić information content (AvgIpc) is 2.66. The van der Waals surface area contributed by atoms with Crippen LogP contribution in [-0.2, 0) is 14.3 Å². The van der Waals surface area contributed by atoms with Crippen LogP contribution in [0.5, 0.6) is 0 Å². The van der Waals surface area contributed by atoms with E-state index in [0.717, 1.165) is 10.0 Å². The fourth-order valence-corrected chi connectivity index (χ4v) is 2.63. The topological polar surface area (TPSA) is 70.4 Å². The Hall–Kier alpha value is -2.98. The first-order chi connectivity index (χ1) is 13.0. The van der Waals surface area contributed by atoms with Gasteiger partial charge in [-0.3, -0.25) is 4.79 Å². The van der Waals surface area contributed by atoms with Crippen molar-refractivity contribution in [3.05, 3.63) is 70.5 Å². The zero-order chi connectivity index (χ0) is 19.6. The van der Waals surface area contributed by atoms with Crippen LogP contribution in [0.15, 0.2) is 59.1 Å². The number of amides is 1. The zero-order valence-electron chi connectivity index (χ0n) is 14.3. The molecule has 0 bridgehead atoms. The van der Waals surface area contributed by atoms with Crippen LogP contribution >= 0.6 is 15.9 Å². The number of nitriles is 1. The molecule has 0 aromatic heterocycles. The van der Waals surface area contributed by atoms with Crippen LogP contribution in [0.25, 0.3) is 6.08 Å². The Morgan fingerprint density at radius 2 is 1.96 bits per heavy atom. The Labute approximate surface area is 164 Å². The fourth-order valence-electron chi connectivity index (χ4n) is 2.21. The molecule has 0 saturated heterocycles. The average molecular weight is 431 g/mol. The van der Waals surface area contributed by atoms with Crippen molar-refractivity contribution < 1.29 is 18.7 Å². The van der Waals surface area contributed by atoms with Gasteiger partial charge in [-0.25, -0.2) is 9.18 Å². The molecule has 0 aliphatic rings. The summed E-state index contributed by atoms with van der Waals surface area (Å²) < 4.78 is 18.9. The predicted molar refractivity (Wildman–Crippen MR) is 103 cm³/mol. The Balaban J connectivity index is 1.97. The van der Waals surface area contributed by atoms with Crippen molar-refractivity contribution >= 4 is 39.6 Å². The van der Waals surface area contributed by atoms with Gasteiger partial charge in [-0.05, 0) is 48.0 Å². The number of rotatable bonds is 7. The summed E-state index contributed by atoms with van der Waals surface area (Å²) in [6.07, 6.45) is 2.90. The molecule has 1 amide bonds. The van der Waals surface area contributed by atoms with Gasteiger partial charge in [0, 0.05) is 22.8 Å². The smallest absolute Gasteiger partial charge is 0.331 e. The van der Waals surface area contributed by atoms with E-state index in [2.05, 4.69) is 15.9 Å². The van der Waals surface area contributed by atoms with Gasteiger partial charge in [0.05, 0.1) is 12.5 Å². The zero-order valence-corrected chi connectivity index (χ0v) is 15.9.